The van der Waals surface area contributed by atoms with Crippen molar-refractivity contribution in [1.29, 1.82) is 0 Å². The van der Waals surface area contributed by atoms with E-state index in [0.29, 0.717) is 66.5 Å². The van der Waals surface area contributed by atoms with Gasteiger partial charge in [0.25, 0.3) is 0 Å². The molecule has 0 heterocycles. The third-order valence-corrected chi connectivity index (χ3v) is 8.98. The van der Waals surface area contributed by atoms with Gasteiger partial charge in [-0.1, -0.05) is 101 Å². The number of benzene rings is 3. The van der Waals surface area contributed by atoms with Crippen molar-refractivity contribution in [2.75, 3.05) is 0 Å². The van der Waals surface area contributed by atoms with E-state index in [9.17, 15) is 0 Å². The van der Waals surface area contributed by atoms with Gasteiger partial charge in [0.1, 0.15) is 78.5 Å². The molecule has 0 spiro atoms. The molecule has 0 aromatic heterocycles. The highest BCUT2D eigenvalue weighted by Gasteiger charge is 2.23. The Morgan fingerprint density at radius 3 is 1.77 bits per heavy atom. The first-order valence-electron chi connectivity index (χ1n) is 15.0. The number of allylic oxidation sites excluding steroid dienone is 6. The number of fused-ring (bicyclic) bond motifs is 1. The molecule has 1 aliphatic rings. The largest absolute Gasteiger partial charge is 0.189 e. The minimum Gasteiger partial charge on any atom is -0.110 e. The minimum atomic E-state index is -0.0387. The summed E-state index contributed by atoms with van der Waals surface area (Å²) in [5.74, 6) is 1.05. The molecule has 1 unspecified atom stereocenters. The zero-order chi connectivity index (χ0) is 32.8. The summed E-state index contributed by atoms with van der Waals surface area (Å²) in [6.45, 7) is 10.5. The van der Waals surface area contributed by atoms with Crippen LogP contribution in [-0.4, -0.2) is 85.7 Å². The highest BCUT2D eigenvalue weighted by Crippen LogP contribution is 2.25. The molecule has 0 fully saturated rings. The molecule has 0 saturated carbocycles. The van der Waals surface area contributed by atoms with Crippen LogP contribution in [0.5, 0.6) is 0 Å². The van der Waals surface area contributed by atoms with Gasteiger partial charge in [-0.3, -0.25) is 0 Å². The van der Waals surface area contributed by atoms with Gasteiger partial charge in [0.05, 0.1) is 0 Å². The van der Waals surface area contributed by atoms with E-state index in [1.807, 2.05) is 13.8 Å². The third kappa shape index (κ3) is 6.16. The lowest BCUT2D eigenvalue weighted by Crippen LogP contribution is -2.63. The zero-order valence-electron chi connectivity index (χ0n) is 26.5. The third-order valence-electron chi connectivity index (χ3n) is 8.98. The Labute approximate surface area is 279 Å². The van der Waals surface area contributed by atoms with Gasteiger partial charge in [-0.05, 0) is 65.8 Å². The predicted molar refractivity (Wildman–Crippen MR) is 206 cm³/mol. The maximum Gasteiger partial charge on any atom is 0.189 e. The minimum absolute atomic E-state index is 0.0387. The smallest absolute Gasteiger partial charge is 0.110 e. The van der Waals surface area contributed by atoms with Crippen LogP contribution in [0.1, 0.15) is 70.9 Å². The topological polar surface area (TPSA) is 0 Å². The summed E-state index contributed by atoms with van der Waals surface area (Å²) in [5.41, 5.74) is 6.78. The molecule has 1 aliphatic carbocycles. The summed E-state index contributed by atoms with van der Waals surface area (Å²) in [6, 6.07) is 0. The maximum atomic E-state index is 6.76. The van der Waals surface area contributed by atoms with Gasteiger partial charge in [0.2, 0.25) is 0 Å². The van der Waals surface area contributed by atoms with Gasteiger partial charge in [-0.15, -0.1) is 27.3 Å². The van der Waals surface area contributed by atoms with Gasteiger partial charge >= 0.3 is 0 Å². The molecule has 0 nitrogen and oxygen atoms in total. The second kappa shape index (κ2) is 13.7. The van der Waals surface area contributed by atoms with E-state index >= 15 is 0 Å². The van der Waals surface area contributed by atoms with E-state index in [4.69, 9.17) is 78.5 Å². The van der Waals surface area contributed by atoms with Crippen LogP contribution in [0.3, 0.4) is 0 Å². The molecule has 11 heteroatoms. The highest BCUT2D eigenvalue weighted by atomic mass is 14.2. The van der Waals surface area contributed by atoms with Gasteiger partial charge in [0, 0.05) is 0 Å². The van der Waals surface area contributed by atoms with Crippen molar-refractivity contribution < 1.29 is 0 Å². The molecule has 0 N–H and O–H groups in total. The molecule has 3 aromatic rings. The molecule has 3 aromatic carbocycles. The lowest BCUT2D eigenvalue weighted by atomic mass is 9.47. The zero-order valence-corrected chi connectivity index (χ0v) is 26.5. The number of rotatable bonds is 5. The summed E-state index contributed by atoms with van der Waals surface area (Å²) in [5, 5.41) is 0.919. The second-order valence-electron chi connectivity index (χ2n) is 12.5. The van der Waals surface area contributed by atoms with Crippen molar-refractivity contribution >= 4 is 168 Å². The van der Waals surface area contributed by atoms with Crippen LogP contribution in [0.2, 0.25) is 0 Å². The molecular formula is C33H28B11. The van der Waals surface area contributed by atoms with Crippen LogP contribution in [-0.2, 0) is 0 Å². The quantitative estimate of drug-likeness (QED) is 0.227. The Hall–Kier alpha value is -2.15. The van der Waals surface area contributed by atoms with Crippen molar-refractivity contribution in [2.45, 2.75) is 59.8 Å². The normalized spacial score (nSPS) is 16.7. The van der Waals surface area contributed by atoms with E-state index < -0.39 is 0 Å². The van der Waals surface area contributed by atoms with Crippen molar-refractivity contribution in [1.82, 2.24) is 0 Å². The van der Waals surface area contributed by atoms with Gasteiger partial charge in [0.15, 0.2) is 7.28 Å². The Balaban J connectivity index is 1.95. The van der Waals surface area contributed by atoms with Crippen molar-refractivity contribution in [3.63, 3.8) is 0 Å². The average Bonchev–Trinajstić information content (AvgIpc) is 2.96. The lowest BCUT2D eigenvalue weighted by molar-refractivity contribution is 0.439. The summed E-state index contributed by atoms with van der Waals surface area (Å²) >= 11 is 0. The van der Waals surface area contributed by atoms with E-state index in [1.165, 1.54) is 0 Å². The monoisotopic (exact) mass is 545 g/mol. The highest BCUT2D eigenvalue weighted by molar-refractivity contribution is 6.85. The van der Waals surface area contributed by atoms with Crippen LogP contribution in [0.25, 0.3) is 16.3 Å². The molecule has 0 amide bonds. The second-order valence-corrected chi connectivity index (χ2v) is 12.5. The van der Waals surface area contributed by atoms with Crippen molar-refractivity contribution in [3.8, 4) is 0 Å². The molecule has 21 radical (unpaired) electrons. The van der Waals surface area contributed by atoms with Crippen LogP contribution < -0.4 is 65.6 Å². The van der Waals surface area contributed by atoms with E-state index in [1.54, 1.807) is 7.28 Å². The van der Waals surface area contributed by atoms with E-state index in [0.717, 1.165) is 30.4 Å². The van der Waals surface area contributed by atoms with Gasteiger partial charge < -0.3 is 0 Å². The Bertz CT molecular complexity index is 1700. The molecule has 193 valence electrons. The fraction of sp³-hybridized carbons (Fsp3) is 0.333. The Morgan fingerprint density at radius 1 is 0.636 bits per heavy atom. The molecular weight excluding hydrogens is 515 g/mol. The van der Waals surface area contributed by atoms with Crippen molar-refractivity contribution in [2.24, 2.45) is 11.8 Å². The first-order valence-corrected chi connectivity index (χ1v) is 15.0. The SMILES string of the molecule is [B]c1c([B])c(C2=C(C)C/C=C\C(C(C)C)CCC=C2)c([B])c([B])c1[B]c1c([B])c([B])c([B])c2c([B])c([B])c(C(C)C)c([B])c12. The fourth-order valence-corrected chi connectivity index (χ4v) is 6.27. The van der Waals surface area contributed by atoms with Crippen LogP contribution in [0.15, 0.2) is 29.9 Å². The van der Waals surface area contributed by atoms with Crippen LogP contribution in [0.4, 0.5) is 0 Å². The molecule has 0 aliphatic heterocycles. The number of hydrogen-bond donors (Lipinski definition) is 0. The lowest BCUT2D eigenvalue weighted by Gasteiger charge is -2.29. The summed E-state index contributed by atoms with van der Waals surface area (Å²) < 4.78 is 0. The van der Waals surface area contributed by atoms with E-state index in [-0.39, 0.29) is 38.7 Å². The maximum absolute atomic E-state index is 6.76. The first kappa shape index (κ1) is 34.7. The molecule has 0 bridgehead atoms. The number of hydrogen-bond acceptors (Lipinski definition) is 0. The molecule has 4 rings (SSSR count). The molecule has 44 heavy (non-hydrogen) atoms. The Kier molecular flexibility index (Phi) is 10.8. The predicted octanol–water partition coefficient (Wildman–Crippen LogP) is -4.10. The first-order chi connectivity index (χ1) is 20.6. The summed E-state index contributed by atoms with van der Waals surface area (Å²) in [7, 11) is 67.8. The molecule has 1 atom stereocenters. The standard InChI is InChI=1S/C33H28B11/c1-13(2)16-10-6-7-12-17(15(5)9-8-11-16)19-24(36)29(41)33(30(42)25(19)37)44-32-21-20(27(39)28(40)31(32)43)26(38)23(35)18(14(3)4)22(21)34/h7-8,11-14,16H,6,9-10H2,1-5H3/b11-8-,12-7?,17-15?. The van der Waals surface area contributed by atoms with E-state index in [2.05, 4.69) is 45.1 Å². The average molecular weight is 544 g/mol. The summed E-state index contributed by atoms with van der Waals surface area (Å²) in [4.78, 5) is 0. The molecule has 0 saturated heterocycles. The Morgan fingerprint density at radius 2 is 1.20 bits per heavy atom. The summed E-state index contributed by atoms with van der Waals surface area (Å²) in [6.07, 6.45) is 11.5. The van der Waals surface area contributed by atoms with Gasteiger partial charge in [-0.25, -0.2) is 0 Å². The van der Waals surface area contributed by atoms with Crippen molar-refractivity contribution in [3.05, 3.63) is 41.0 Å². The van der Waals surface area contributed by atoms with Crippen LogP contribution >= 0.6 is 0 Å². The fourth-order valence-electron chi connectivity index (χ4n) is 6.27. The van der Waals surface area contributed by atoms with Crippen LogP contribution in [0, 0.1) is 11.8 Å². The van der Waals surface area contributed by atoms with Gasteiger partial charge in [-0.2, -0.15) is 0 Å².